The lowest BCUT2D eigenvalue weighted by molar-refractivity contribution is 0.242. The van der Waals surface area contributed by atoms with Crippen LogP contribution in [0.25, 0.3) is 0 Å². The van der Waals surface area contributed by atoms with E-state index in [4.69, 9.17) is 4.74 Å². The van der Waals surface area contributed by atoms with Gasteiger partial charge in [0.1, 0.15) is 10.6 Å². The number of piperidine rings is 1. The van der Waals surface area contributed by atoms with Crippen molar-refractivity contribution in [2.45, 2.75) is 62.3 Å². The molecular weight excluding hydrogens is 448 g/mol. The van der Waals surface area contributed by atoms with Gasteiger partial charge in [-0.25, -0.2) is 21.6 Å². The Labute approximate surface area is 191 Å². The highest BCUT2D eigenvalue weighted by atomic mass is 32.2. The fraction of sp³-hybridized carbons (Fsp3) is 0.478. The predicted molar refractivity (Wildman–Crippen MR) is 125 cm³/mol. The molecule has 1 atom stereocenters. The van der Waals surface area contributed by atoms with Gasteiger partial charge in [-0.1, -0.05) is 24.1 Å². The Morgan fingerprint density at radius 2 is 1.66 bits per heavy atom. The molecule has 7 nitrogen and oxygen atoms in total. The third kappa shape index (κ3) is 5.33. The second-order valence-electron chi connectivity index (χ2n) is 8.35. The number of nitrogens with zero attached hydrogens (tertiary/aromatic N) is 1. The van der Waals surface area contributed by atoms with E-state index in [1.54, 1.807) is 36.4 Å². The summed E-state index contributed by atoms with van der Waals surface area (Å²) < 4.78 is 61.7. The second-order valence-corrected chi connectivity index (χ2v) is 12.0. The minimum Gasteiger partial charge on any atom is -0.495 e. The average molecular weight is 481 g/mol. The quantitative estimate of drug-likeness (QED) is 0.624. The average Bonchev–Trinajstić information content (AvgIpc) is 2.75. The minimum absolute atomic E-state index is 0.0934. The first-order chi connectivity index (χ1) is 15.1. The Bertz CT molecular complexity index is 1160. The van der Waals surface area contributed by atoms with Crippen molar-refractivity contribution < 1.29 is 21.6 Å². The molecule has 0 radical (unpaired) electrons. The molecule has 0 spiro atoms. The summed E-state index contributed by atoms with van der Waals surface area (Å²) >= 11 is 0. The summed E-state index contributed by atoms with van der Waals surface area (Å²) in [6, 6.07) is 9.90. The molecule has 0 aliphatic carbocycles. The number of benzene rings is 2. The van der Waals surface area contributed by atoms with E-state index in [1.807, 2.05) is 20.8 Å². The zero-order chi connectivity index (χ0) is 23.5. The van der Waals surface area contributed by atoms with Crippen molar-refractivity contribution in [1.82, 2.24) is 9.03 Å². The van der Waals surface area contributed by atoms with Gasteiger partial charge < -0.3 is 4.74 Å². The molecule has 1 fully saturated rings. The first kappa shape index (κ1) is 24.7. The molecule has 2 aromatic carbocycles. The summed E-state index contributed by atoms with van der Waals surface area (Å²) in [7, 11) is -5.98. The number of rotatable bonds is 8. The molecule has 1 N–H and O–H groups in total. The van der Waals surface area contributed by atoms with Crippen LogP contribution < -0.4 is 9.46 Å². The van der Waals surface area contributed by atoms with Crippen LogP contribution in [0.3, 0.4) is 0 Å². The molecular formula is C23H32N2O5S2. The normalized spacial score (nSPS) is 17.9. The lowest BCUT2D eigenvalue weighted by atomic mass is 10.0. The molecule has 1 aliphatic heterocycles. The SMILES string of the molecule is COc1cc(C)c(C)cc1S(=O)(=O)NCCC1CCCCN1S(=O)(=O)c1ccc(C)cc1. The summed E-state index contributed by atoms with van der Waals surface area (Å²) in [5, 5.41) is 0. The van der Waals surface area contributed by atoms with E-state index in [0.29, 0.717) is 25.1 Å². The zero-order valence-electron chi connectivity index (χ0n) is 19.1. The molecule has 0 aromatic heterocycles. The Morgan fingerprint density at radius 3 is 2.31 bits per heavy atom. The molecule has 1 aliphatic rings. The molecule has 176 valence electrons. The van der Waals surface area contributed by atoms with Gasteiger partial charge in [0.25, 0.3) is 0 Å². The number of ether oxygens (including phenoxy) is 1. The van der Waals surface area contributed by atoms with Crippen molar-refractivity contribution in [3.63, 3.8) is 0 Å². The van der Waals surface area contributed by atoms with Crippen LogP contribution in [0.15, 0.2) is 46.2 Å². The maximum absolute atomic E-state index is 13.2. The van der Waals surface area contributed by atoms with Crippen LogP contribution in [0, 0.1) is 20.8 Å². The summed E-state index contributed by atoms with van der Waals surface area (Å²) in [4.78, 5) is 0.367. The van der Waals surface area contributed by atoms with E-state index in [1.165, 1.54) is 11.4 Å². The molecule has 0 bridgehead atoms. The van der Waals surface area contributed by atoms with Gasteiger partial charge in [0.15, 0.2) is 0 Å². The van der Waals surface area contributed by atoms with Crippen LogP contribution in [-0.4, -0.2) is 47.4 Å². The van der Waals surface area contributed by atoms with Gasteiger partial charge in [-0.15, -0.1) is 0 Å². The molecule has 1 heterocycles. The van der Waals surface area contributed by atoms with Crippen LogP contribution in [-0.2, 0) is 20.0 Å². The van der Waals surface area contributed by atoms with Gasteiger partial charge in [0.05, 0.1) is 12.0 Å². The number of hydrogen-bond acceptors (Lipinski definition) is 5. The number of sulfonamides is 2. The highest BCUT2D eigenvalue weighted by Crippen LogP contribution is 2.29. The Kier molecular flexibility index (Phi) is 7.65. The van der Waals surface area contributed by atoms with Gasteiger partial charge in [0, 0.05) is 19.1 Å². The van der Waals surface area contributed by atoms with Gasteiger partial charge in [0.2, 0.25) is 20.0 Å². The maximum atomic E-state index is 13.2. The number of hydrogen-bond donors (Lipinski definition) is 1. The van der Waals surface area contributed by atoms with Gasteiger partial charge in [-0.2, -0.15) is 4.31 Å². The van der Waals surface area contributed by atoms with Crippen LogP contribution in [0.5, 0.6) is 5.75 Å². The fourth-order valence-corrected chi connectivity index (χ4v) is 7.00. The van der Waals surface area contributed by atoms with E-state index in [-0.39, 0.29) is 22.4 Å². The standard InChI is InChI=1S/C23H32N2O5S2/c1-17-8-10-21(11-9-17)32(28,29)25-14-6-5-7-20(25)12-13-24-31(26,27)23-16-19(3)18(2)15-22(23)30-4/h8-11,15-16,20,24H,5-7,12-14H2,1-4H3. The number of aryl methyl sites for hydroxylation is 3. The zero-order valence-corrected chi connectivity index (χ0v) is 20.7. The highest BCUT2D eigenvalue weighted by molar-refractivity contribution is 7.89. The van der Waals surface area contributed by atoms with Gasteiger partial charge in [-0.3, -0.25) is 0 Å². The van der Waals surface area contributed by atoms with E-state index in [0.717, 1.165) is 29.5 Å². The molecule has 32 heavy (non-hydrogen) atoms. The predicted octanol–water partition coefficient (Wildman–Crippen LogP) is 3.53. The van der Waals surface area contributed by atoms with Crippen LogP contribution in [0.1, 0.15) is 42.4 Å². The third-order valence-corrected chi connectivity index (χ3v) is 9.49. The summed E-state index contributed by atoms with van der Waals surface area (Å²) in [6.45, 7) is 6.25. The monoisotopic (exact) mass is 480 g/mol. The van der Waals surface area contributed by atoms with Crippen molar-refractivity contribution >= 4 is 20.0 Å². The fourth-order valence-electron chi connectivity index (χ4n) is 3.99. The number of nitrogens with one attached hydrogen (secondary N) is 1. The summed E-state index contributed by atoms with van der Waals surface area (Å²) in [6.07, 6.45) is 2.83. The maximum Gasteiger partial charge on any atom is 0.244 e. The number of methoxy groups -OCH3 is 1. The molecule has 1 unspecified atom stereocenters. The van der Waals surface area contributed by atoms with Crippen molar-refractivity contribution in [3.05, 3.63) is 53.1 Å². The first-order valence-electron chi connectivity index (χ1n) is 10.8. The van der Waals surface area contributed by atoms with Gasteiger partial charge in [-0.05, 0) is 75.4 Å². The molecule has 0 amide bonds. The van der Waals surface area contributed by atoms with Crippen molar-refractivity contribution in [1.29, 1.82) is 0 Å². The molecule has 0 saturated carbocycles. The largest absolute Gasteiger partial charge is 0.495 e. The second kappa shape index (κ2) is 9.91. The molecule has 1 saturated heterocycles. The molecule has 2 aromatic rings. The Balaban J connectivity index is 1.74. The van der Waals surface area contributed by atoms with Crippen molar-refractivity contribution in [2.75, 3.05) is 20.2 Å². The van der Waals surface area contributed by atoms with E-state index in [9.17, 15) is 16.8 Å². The molecule has 3 rings (SSSR count). The van der Waals surface area contributed by atoms with Crippen LogP contribution in [0.2, 0.25) is 0 Å². The first-order valence-corrected chi connectivity index (χ1v) is 13.7. The Hall–Kier alpha value is -1.94. The van der Waals surface area contributed by atoms with Crippen molar-refractivity contribution in [2.24, 2.45) is 0 Å². The minimum atomic E-state index is -3.80. The smallest absolute Gasteiger partial charge is 0.244 e. The van der Waals surface area contributed by atoms with E-state index in [2.05, 4.69) is 4.72 Å². The van der Waals surface area contributed by atoms with E-state index >= 15 is 0 Å². The Morgan fingerprint density at radius 1 is 1.00 bits per heavy atom. The van der Waals surface area contributed by atoms with E-state index < -0.39 is 20.0 Å². The lowest BCUT2D eigenvalue weighted by Crippen LogP contribution is -2.45. The third-order valence-electron chi connectivity index (χ3n) is 6.04. The topological polar surface area (TPSA) is 92.8 Å². The van der Waals surface area contributed by atoms with Gasteiger partial charge >= 0.3 is 0 Å². The lowest BCUT2D eigenvalue weighted by Gasteiger charge is -2.34. The van der Waals surface area contributed by atoms with Crippen LogP contribution >= 0.6 is 0 Å². The van der Waals surface area contributed by atoms with Crippen LogP contribution in [0.4, 0.5) is 0 Å². The highest BCUT2D eigenvalue weighted by Gasteiger charge is 2.33. The van der Waals surface area contributed by atoms with Crippen molar-refractivity contribution in [3.8, 4) is 5.75 Å². The summed E-state index contributed by atoms with van der Waals surface area (Å²) in [5.41, 5.74) is 2.80. The summed E-state index contributed by atoms with van der Waals surface area (Å²) in [5.74, 6) is 0.293. The molecule has 9 heteroatoms.